The summed E-state index contributed by atoms with van der Waals surface area (Å²) in [7, 11) is 1.43. The molecule has 2 aliphatic heterocycles. The van der Waals surface area contributed by atoms with Gasteiger partial charge in [-0.25, -0.2) is 0 Å². The molecule has 1 aromatic carbocycles. The number of para-hydroxylation sites is 1. The Bertz CT molecular complexity index is 845. The molecule has 0 spiro atoms. The first-order chi connectivity index (χ1) is 12.7. The van der Waals surface area contributed by atoms with E-state index in [1.54, 1.807) is 0 Å². The topological polar surface area (TPSA) is 65.6 Å². The summed E-state index contributed by atoms with van der Waals surface area (Å²) >= 11 is 0. The zero-order chi connectivity index (χ0) is 17.8. The molecule has 2 fully saturated rings. The number of fused-ring (bicyclic) bond motifs is 6. The minimum Gasteiger partial charge on any atom is -0.469 e. The van der Waals surface area contributed by atoms with E-state index in [0.29, 0.717) is 18.4 Å². The minimum atomic E-state index is -0.568. The Labute approximate surface area is 153 Å². The number of methoxy groups -OCH3 is 1. The highest BCUT2D eigenvalue weighted by Crippen LogP contribution is 2.49. The average molecular weight is 354 g/mol. The summed E-state index contributed by atoms with van der Waals surface area (Å²) in [6, 6.07) is 8.83. The third kappa shape index (κ3) is 2.33. The molecule has 2 N–H and O–H groups in total. The van der Waals surface area contributed by atoms with Crippen molar-refractivity contribution in [1.29, 1.82) is 0 Å². The summed E-state index contributed by atoms with van der Waals surface area (Å²) in [6.07, 6.45) is 3.14. The molecule has 1 aromatic heterocycles. The molecule has 5 rings (SSSR count). The van der Waals surface area contributed by atoms with E-state index in [4.69, 9.17) is 4.74 Å². The number of aliphatic hydroxyl groups excluding tert-OH is 1. The van der Waals surface area contributed by atoms with Gasteiger partial charge < -0.3 is 14.8 Å². The van der Waals surface area contributed by atoms with Gasteiger partial charge in [0.1, 0.15) is 0 Å². The van der Waals surface area contributed by atoms with Crippen LogP contribution in [0.2, 0.25) is 0 Å². The van der Waals surface area contributed by atoms with Crippen LogP contribution in [-0.4, -0.2) is 47.3 Å². The molecule has 1 saturated carbocycles. The number of benzene rings is 1. The van der Waals surface area contributed by atoms with Gasteiger partial charge in [0.05, 0.1) is 25.2 Å². The predicted octanol–water partition coefficient (Wildman–Crippen LogP) is 2.65. The van der Waals surface area contributed by atoms with Gasteiger partial charge in [-0.15, -0.1) is 0 Å². The maximum absolute atomic E-state index is 12.4. The molecular formula is C21H26N2O3. The number of nitrogens with zero attached hydrogens (tertiary/aromatic N) is 1. The summed E-state index contributed by atoms with van der Waals surface area (Å²) in [5, 5.41) is 11.8. The van der Waals surface area contributed by atoms with Gasteiger partial charge in [0.2, 0.25) is 0 Å². The van der Waals surface area contributed by atoms with Gasteiger partial charge in [0.25, 0.3) is 0 Å². The van der Waals surface area contributed by atoms with E-state index < -0.39 is 6.10 Å². The summed E-state index contributed by atoms with van der Waals surface area (Å²) in [4.78, 5) is 18.6. The SMILES string of the molecule is COC(=O)[C@H]1[C@H]2CC3c4[nH]c5ccccc5c4CCN3C[C@H]2CC[C@H]1O. The summed E-state index contributed by atoms with van der Waals surface area (Å²) < 4.78 is 5.04. The van der Waals surface area contributed by atoms with E-state index in [2.05, 4.69) is 34.1 Å². The van der Waals surface area contributed by atoms with Crippen molar-refractivity contribution in [2.24, 2.45) is 17.8 Å². The summed E-state index contributed by atoms with van der Waals surface area (Å²) in [5.41, 5.74) is 3.96. The van der Waals surface area contributed by atoms with Crippen LogP contribution in [0, 0.1) is 17.8 Å². The first kappa shape index (κ1) is 16.3. The Morgan fingerprint density at radius 2 is 2.15 bits per heavy atom. The molecule has 5 nitrogen and oxygen atoms in total. The lowest BCUT2D eigenvalue weighted by Crippen LogP contribution is -2.53. The van der Waals surface area contributed by atoms with Crippen LogP contribution in [0.15, 0.2) is 24.3 Å². The van der Waals surface area contributed by atoms with Gasteiger partial charge >= 0.3 is 5.97 Å². The number of aromatic amines is 1. The van der Waals surface area contributed by atoms with Crippen LogP contribution in [0.25, 0.3) is 10.9 Å². The largest absolute Gasteiger partial charge is 0.469 e. The number of carbonyl (C=O) groups is 1. The molecule has 0 radical (unpaired) electrons. The van der Waals surface area contributed by atoms with Gasteiger partial charge in [-0.1, -0.05) is 18.2 Å². The highest BCUT2D eigenvalue weighted by molar-refractivity contribution is 5.85. The van der Waals surface area contributed by atoms with E-state index in [1.807, 2.05) is 0 Å². The third-order valence-electron chi connectivity index (χ3n) is 7.02. The number of hydrogen-bond donors (Lipinski definition) is 2. The lowest BCUT2D eigenvalue weighted by atomic mass is 9.65. The lowest BCUT2D eigenvalue weighted by Gasteiger charge is -2.50. The van der Waals surface area contributed by atoms with Crippen molar-refractivity contribution in [3.05, 3.63) is 35.5 Å². The molecule has 138 valence electrons. The van der Waals surface area contributed by atoms with E-state index in [0.717, 1.165) is 32.4 Å². The number of H-pyrrole nitrogens is 1. The maximum atomic E-state index is 12.4. The number of rotatable bonds is 1. The molecule has 1 saturated heterocycles. The number of nitrogens with one attached hydrogen (secondary N) is 1. The fraction of sp³-hybridized carbons (Fsp3) is 0.571. The second-order valence-corrected chi connectivity index (χ2v) is 8.18. The Morgan fingerprint density at radius 3 is 3.00 bits per heavy atom. The zero-order valence-corrected chi connectivity index (χ0v) is 15.1. The van der Waals surface area contributed by atoms with Crippen LogP contribution >= 0.6 is 0 Å². The number of hydrogen-bond acceptors (Lipinski definition) is 4. The van der Waals surface area contributed by atoms with Crippen molar-refractivity contribution in [3.63, 3.8) is 0 Å². The molecule has 2 aromatic rings. The predicted molar refractivity (Wildman–Crippen MR) is 98.7 cm³/mol. The van der Waals surface area contributed by atoms with Crippen molar-refractivity contribution in [3.8, 4) is 0 Å². The normalized spacial score (nSPS) is 34.0. The Kier molecular flexibility index (Phi) is 3.83. The first-order valence-corrected chi connectivity index (χ1v) is 9.76. The number of esters is 1. The number of aliphatic hydroxyl groups is 1. The van der Waals surface area contributed by atoms with Crippen molar-refractivity contribution in [2.45, 2.75) is 37.8 Å². The molecule has 5 heteroatoms. The first-order valence-electron chi connectivity index (χ1n) is 9.76. The van der Waals surface area contributed by atoms with Crippen LogP contribution in [0.1, 0.15) is 36.6 Å². The van der Waals surface area contributed by atoms with Crippen LogP contribution in [0.3, 0.4) is 0 Å². The van der Waals surface area contributed by atoms with Gasteiger partial charge in [-0.05, 0) is 49.1 Å². The number of carbonyl (C=O) groups excluding carboxylic acids is 1. The Hall–Kier alpha value is -1.85. The summed E-state index contributed by atoms with van der Waals surface area (Å²) in [5.74, 6) is 0.0541. The molecule has 0 bridgehead atoms. The van der Waals surface area contributed by atoms with Crippen LogP contribution in [0.5, 0.6) is 0 Å². The van der Waals surface area contributed by atoms with Gasteiger partial charge in [-0.2, -0.15) is 0 Å². The van der Waals surface area contributed by atoms with E-state index in [9.17, 15) is 9.90 Å². The zero-order valence-electron chi connectivity index (χ0n) is 15.1. The molecule has 26 heavy (non-hydrogen) atoms. The number of ether oxygens (including phenoxy) is 1. The van der Waals surface area contributed by atoms with Gasteiger partial charge in [0.15, 0.2) is 0 Å². The summed E-state index contributed by atoms with van der Waals surface area (Å²) in [6.45, 7) is 2.10. The highest BCUT2D eigenvalue weighted by atomic mass is 16.5. The van der Waals surface area contributed by atoms with Gasteiger partial charge in [-0.3, -0.25) is 9.69 Å². The second kappa shape index (κ2) is 6.10. The Morgan fingerprint density at radius 1 is 1.31 bits per heavy atom. The molecule has 3 aliphatic rings. The van der Waals surface area contributed by atoms with Crippen molar-refractivity contribution < 1.29 is 14.6 Å². The van der Waals surface area contributed by atoms with Crippen LogP contribution < -0.4 is 0 Å². The molecule has 1 aliphatic carbocycles. The van der Waals surface area contributed by atoms with E-state index in [-0.39, 0.29) is 17.8 Å². The molecule has 5 atom stereocenters. The third-order valence-corrected chi connectivity index (χ3v) is 7.02. The number of aromatic nitrogens is 1. The molecule has 3 heterocycles. The average Bonchev–Trinajstić information content (AvgIpc) is 3.05. The van der Waals surface area contributed by atoms with Crippen LogP contribution in [-0.2, 0) is 16.0 Å². The van der Waals surface area contributed by atoms with Crippen LogP contribution in [0.4, 0.5) is 0 Å². The second-order valence-electron chi connectivity index (χ2n) is 8.18. The van der Waals surface area contributed by atoms with Gasteiger partial charge in [0, 0.05) is 29.7 Å². The van der Waals surface area contributed by atoms with Crippen molar-refractivity contribution >= 4 is 16.9 Å². The molecular weight excluding hydrogens is 328 g/mol. The smallest absolute Gasteiger partial charge is 0.311 e. The molecule has 0 amide bonds. The van der Waals surface area contributed by atoms with Crippen molar-refractivity contribution in [1.82, 2.24) is 9.88 Å². The number of piperidine rings is 1. The standard InChI is InChI=1S/C21H26N2O3/c1-26-21(25)19-15-10-17-20-14(13-4-2-3-5-16(13)22-20)8-9-23(17)11-12(15)6-7-18(19)24/h2-5,12,15,17-19,22,24H,6-11H2,1H3/t12-,15+,17?,18-,19+/m1/s1. The fourth-order valence-electron chi connectivity index (χ4n) is 5.80. The quantitative estimate of drug-likeness (QED) is 0.773. The van der Waals surface area contributed by atoms with Crippen molar-refractivity contribution in [2.75, 3.05) is 20.2 Å². The fourth-order valence-corrected chi connectivity index (χ4v) is 5.80. The van der Waals surface area contributed by atoms with E-state index in [1.165, 1.54) is 29.3 Å². The minimum absolute atomic E-state index is 0.199. The Balaban J connectivity index is 1.52. The monoisotopic (exact) mass is 354 g/mol. The van der Waals surface area contributed by atoms with E-state index >= 15 is 0 Å². The lowest BCUT2D eigenvalue weighted by molar-refractivity contribution is -0.160. The molecule has 1 unspecified atom stereocenters. The maximum Gasteiger partial charge on any atom is 0.311 e. The highest BCUT2D eigenvalue weighted by Gasteiger charge is 2.49.